The Morgan fingerprint density at radius 2 is 1.88 bits per heavy atom. The number of fused-ring (bicyclic) bond motifs is 1. The first-order valence-electron chi connectivity index (χ1n) is 10.3. The maximum Gasteiger partial charge on any atom is 0.227 e. The average Bonchev–Trinajstić information content (AvgIpc) is 3.60. The number of amides is 1. The molecule has 4 aromatic rings. The van der Waals surface area contributed by atoms with Crippen LogP contribution in [0.5, 0.6) is 11.5 Å². The molecule has 7 nitrogen and oxygen atoms in total. The number of hydrogen-bond acceptors (Lipinski definition) is 8. The molecular formula is C23H21N3O4S2. The molecule has 0 N–H and O–H groups in total. The molecule has 3 aromatic heterocycles. The van der Waals surface area contributed by atoms with Crippen LogP contribution in [0.1, 0.15) is 23.6 Å². The third-order valence-corrected chi connectivity index (χ3v) is 6.75. The molecule has 9 heteroatoms. The van der Waals surface area contributed by atoms with Gasteiger partial charge in [-0.15, -0.1) is 22.7 Å². The van der Waals surface area contributed by atoms with E-state index in [0.717, 1.165) is 15.4 Å². The number of anilines is 1. The number of benzene rings is 1. The molecule has 5 rings (SSSR count). The van der Waals surface area contributed by atoms with Gasteiger partial charge < -0.3 is 18.9 Å². The Hall–Kier alpha value is -3.17. The second-order valence-corrected chi connectivity index (χ2v) is 9.21. The first kappa shape index (κ1) is 20.7. The molecule has 164 valence electrons. The second kappa shape index (κ2) is 9.54. The largest absolute Gasteiger partial charge is 0.486 e. The van der Waals surface area contributed by atoms with Gasteiger partial charge in [0.15, 0.2) is 11.5 Å². The molecular weight excluding hydrogens is 446 g/mol. The van der Waals surface area contributed by atoms with Crippen molar-refractivity contribution < 1.29 is 18.8 Å². The van der Waals surface area contributed by atoms with Gasteiger partial charge in [0, 0.05) is 29.5 Å². The lowest BCUT2D eigenvalue weighted by Crippen LogP contribution is -2.30. The lowest BCUT2D eigenvalue weighted by atomic mass is 10.2. The predicted molar refractivity (Wildman–Crippen MR) is 123 cm³/mol. The zero-order chi connectivity index (χ0) is 21.8. The molecule has 0 unspecified atom stereocenters. The molecule has 4 heterocycles. The van der Waals surface area contributed by atoms with Gasteiger partial charge in [-0.3, -0.25) is 4.79 Å². The minimum atomic E-state index is 0.0353. The van der Waals surface area contributed by atoms with Crippen LogP contribution in [0, 0.1) is 0 Å². The minimum absolute atomic E-state index is 0.0353. The van der Waals surface area contributed by atoms with Crippen LogP contribution in [-0.2, 0) is 17.8 Å². The lowest BCUT2D eigenvalue weighted by molar-refractivity contribution is -0.118. The van der Waals surface area contributed by atoms with Crippen LogP contribution in [0.3, 0.4) is 0 Å². The molecule has 0 spiro atoms. The van der Waals surface area contributed by atoms with E-state index in [1.165, 1.54) is 0 Å². The summed E-state index contributed by atoms with van der Waals surface area (Å²) < 4.78 is 16.7. The fourth-order valence-corrected chi connectivity index (χ4v) is 4.81. The number of nitrogens with zero attached hydrogens (tertiary/aromatic N) is 3. The van der Waals surface area contributed by atoms with Gasteiger partial charge in [0.25, 0.3) is 0 Å². The summed E-state index contributed by atoms with van der Waals surface area (Å²) >= 11 is 3.20. The number of carbonyl (C=O) groups excluding carboxylic acids is 1. The Morgan fingerprint density at radius 1 is 1.03 bits per heavy atom. The Kier molecular flexibility index (Phi) is 6.17. The number of ether oxygens (including phenoxy) is 2. The Bertz CT molecular complexity index is 1170. The third-order valence-electron chi connectivity index (χ3n) is 5.02. The van der Waals surface area contributed by atoms with E-state index in [-0.39, 0.29) is 5.91 Å². The normalized spacial score (nSPS) is 12.6. The number of thiophene rings is 2. The molecule has 0 fully saturated rings. The van der Waals surface area contributed by atoms with Crippen LogP contribution in [0.2, 0.25) is 0 Å². The van der Waals surface area contributed by atoms with Crippen molar-refractivity contribution in [2.45, 2.75) is 25.8 Å². The number of aromatic nitrogens is 2. The molecule has 1 aliphatic heterocycles. The van der Waals surface area contributed by atoms with Crippen molar-refractivity contribution in [1.82, 2.24) is 10.1 Å². The van der Waals surface area contributed by atoms with Crippen LogP contribution in [-0.4, -0.2) is 29.3 Å². The third kappa shape index (κ3) is 4.68. The van der Waals surface area contributed by atoms with Gasteiger partial charge in [0.05, 0.1) is 11.4 Å². The lowest BCUT2D eigenvalue weighted by Gasteiger charge is -2.25. The quantitative estimate of drug-likeness (QED) is 0.355. The van der Waals surface area contributed by atoms with Gasteiger partial charge in [-0.2, -0.15) is 4.98 Å². The van der Waals surface area contributed by atoms with Gasteiger partial charge in [0.2, 0.25) is 17.6 Å². The topological polar surface area (TPSA) is 77.7 Å². The van der Waals surface area contributed by atoms with E-state index in [1.807, 2.05) is 53.2 Å². The maximum atomic E-state index is 13.2. The monoisotopic (exact) mass is 467 g/mol. The minimum Gasteiger partial charge on any atom is -0.486 e. The highest BCUT2D eigenvalue weighted by Gasteiger charge is 2.20. The summed E-state index contributed by atoms with van der Waals surface area (Å²) in [4.78, 5) is 21.5. The average molecular weight is 468 g/mol. The van der Waals surface area contributed by atoms with E-state index in [2.05, 4.69) is 10.1 Å². The van der Waals surface area contributed by atoms with E-state index >= 15 is 0 Å². The first-order valence-corrected chi connectivity index (χ1v) is 12.1. The van der Waals surface area contributed by atoms with Crippen molar-refractivity contribution in [1.29, 1.82) is 0 Å². The Balaban J connectivity index is 1.27. The van der Waals surface area contributed by atoms with Crippen LogP contribution < -0.4 is 14.4 Å². The van der Waals surface area contributed by atoms with Crippen LogP contribution in [0.15, 0.2) is 57.7 Å². The van der Waals surface area contributed by atoms with Crippen molar-refractivity contribution in [2.24, 2.45) is 0 Å². The van der Waals surface area contributed by atoms with Crippen LogP contribution in [0.25, 0.3) is 10.7 Å². The standard InChI is InChI=1S/C23H21N3O4S2/c27-22(7-1-6-21-24-23(25-30-21)20-5-3-13-32-20)26(15-17-4-2-12-31-17)16-8-9-18-19(14-16)29-11-10-28-18/h2-5,8-9,12-14H,1,6-7,10-11,15H2. The fourth-order valence-electron chi connectivity index (χ4n) is 3.47. The summed E-state index contributed by atoms with van der Waals surface area (Å²) in [5, 5.41) is 8.03. The van der Waals surface area contributed by atoms with E-state index < -0.39 is 0 Å². The van der Waals surface area contributed by atoms with Crippen molar-refractivity contribution in [3.05, 3.63) is 64.0 Å². The highest BCUT2D eigenvalue weighted by molar-refractivity contribution is 7.13. The molecule has 0 saturated carbocycles. The summed E-state index contributed by atoms with van der Waals surface area (Å²) in [7, 11) is 0. The summed E-state index contributed by atoms with van der Waals surface area (Å²) in [6, 6.07) is 13.6. The van der Waals surface area contributed by atoms with Gasteiger partial charge >= 0.3 is 0 Å². The first-order chi connectivity index (χ1) is 15.8. The van der Waals surface area contributed by atoms with Gasteiger partial charge in [-0.1, -0.05) is 17.3 Å². The fraction of sp³-hybridized carbons (Fsp3) is 0.261. The maximum absolute atomic E-state index is 13.2. The summed E-state index contributed by atoms with van der Waals surface area (Å²) in [5.74, 6) is 2.56. The van der Waals surface area contributed by atoms with Gasteiger partial charge in [0.1, 0.15) is 13.2 Å². The molecule has 0 aliphatic carbocycles. The molecule has 1 aromatic carbocycles. The van der Waals surface area contributed by atoms with E-state index in [4.69, 9.17) is 14.0 Å². The van der Waals surface area contributed by atoms with E-state index in [1.54, 1.807) is 27.6 Å². The highest BCUT2D eigenvalue weighted by Crippen LogP contribution is 2.35. The summed E-state index contributed by atoms with van der Waals surface area (Å²) in [6.45, 7) is 1.56. The number of aryl methyl sites for hydroxylation is 1. The Morgan fingerprint density at radius 3 is 2.69 bits per heavy atom. The SMILES string of the molecule is O=C(CCCc1nc(-c2cccs2)no1)N(Cc1cccs1)c1ccc2c(c1)OCCO2. The van der Waals surface area contributed by atoms with Crippen molar-refractivity contribution in [3.8, 4) is 22.2 Å². The van der Waals surface area contributed by atoms with Crippen molar-refractivity contribution in [3.63, 3.8) is 0 Å². The van der Waals surface area contributed by atoms with E-state index in [0.29, 0.717) is 62.2 Å². The number of carbonyl (C=O) groups is 1. The van der Waals surface area contributed by atoms with Crippen molar-refractivity contribution in [2.75, 3.05) is 18.1 Å². The van der Waals surface area contributed by atoms with Gasteiger partial charge in [-0.25, -0.2) is 0 Å². The molecule has 1 amide bonds. The highest BCUT2D eigenvalue weighted by atomic mass is 32.1. The van der Waals surface area contributed by atoms with E-state index in [9.17, 15) is 4.79 Å². The molecule has 32 heavy (non-hydrogen) atoms. The second-order valence-electron chi connectivity index (χ2n) is 7.23. The molecule has 0 radical (unpaired) electrons. The Labute approximate surface area is 193 Å². The summed E-state index contributed by atoms with van der Waals surface area (Å²) in [5.41, 5.74) is 0.797. The van der Waals surface area contributed by atoms with Gasteiger partial charge in [-0.05, 0) is 41.4 Å². The molecule has 0 atom stereocenters. The zero-order valence-corrected chi connectivity index (χ0v) is 18.9. The summed E-state index contributed by atoms with van der Waals surface area (Å²) in [6.07, 6.45) is 1.55. The number of hydrogen-bond donors (Lipinski definition) is 0. The molecule has 1 aliphatic rings. The molecule has 0 bridgehead atoms. The smallest absolute Gasteiger partial charge is 0.227 e. The predicted octanol–water partition coefficient (Wildman–Crippen LogP) is 5.19. The van der Waals surface area contributed by atoms with Crippen LogP contribution >= 0.6 is 22.7 Å². The van der Waals surface area contributed by atoms with Crippen LogP contribution in [0.4, 0.5) is 5.69 Å². The number of rotatable bonds is 8. The van der Waals surface area contributed by atoms with Crippen molar-refractivity contribution >= 4 is 34.3 Å². The zero-order valence-electron chi connectivity index (χ0n) is 17.2. The molecule has 0 saturated heterocycles.